The van der Waals surface area contributed by atoms with Crippen molar-refractivity contribution in [3.63, 3.8) is 0 Å². The number of ether oxygens (including phenoxy) is 2. The highest BCUT2D eigenvalue weighted by atomic mass is 35.5. The van der Waals surface area contributed by atoms with Gasteiger partial charge in [-0.2, -0.15) is 0 Å². The number of nitrogens with zero attached hydrogens (tertiary/aromatic N) is 1. The van der Waals surface area contributed by atoms with Gasteiger partial charge in [-0.3, -0.25) is 0 Å². The summed E-state index contributed by atoms with van der Waals surface area (Å²) in [6.45, 7) is -0.0608. The number of fused-ring (bicyclic) bond motifs is 1. The molecule has 0 saturated heterocycles. The Labute approximate surface area is 110 Å². The van der Waals surface area contributed by atoms with Crippen LogP contribution in [-0.2, 0) is 0 Å². The molecule has 1 aliphatic heterocycles. The first-order valence-electron chi connectivity index (χ1n) is 5.06. The van der Waals surface area contributed by atoms with Crippen molar-refractivity contribution in [1.29, 1.82) is 0 Å². The predicted molar refractivity (Wildman–Crippen MR) is 60.0 cm³/mol. The van der Waals surface area contributed by atoms with E-state index in [0.29, 0.717) is 0 Å². The summed E-state index contributed by atoms with van der Waals surface area (Å²) in [4.78, 5) is 10.7. The van der Waals surface area contributed by atoms with Crippen molar-refractivity contribution in [2.45, 2.75) is 0 Å². The van der Waals surface area contributed by atoms with Crippen LogP contribution in [0.5, 0.6) is 11.5 Å². The van der Waals surface area contributed by atoms with Crippen LogP contribution in [-0.4, -0.2) is 23.0 Å². The van der Waals surface area contributed by atoms with Crippen molar-refractivity contribution in [1.82, 2.24) is 5.16 Å². The van der Waals surface area contributed by atoms with Gasteiger partial charge in [0.1, 0.15) is 5.02 Å². The van der Waals surface area contributed by atoms with Crippen LogP contribution in [0, 0.1) is 5.82 Å². The Kier molecular flexibility index (Phi) is 2.56. The van der Waals surface area contributed by atoms with Crippen molar-refractivity contribution in [2.24, 2.45) is 0 Å². The maximum absolute atomic E-state index is 14.1. The zero-order valence-corrected chi connectivity index (χ0v) is 9.90. The minimum absolute atomic E-state index is 0.0470. The molecular formula is C11H5ClFNO5. The van der Waals surface area contributed by atoms with E-state index in [4.69, 9.17) is 30.7 Å². The van der Waals surface area contributed by atoms with Crippen molar-refractivity contribution in [2.75, 3.05) is 6.79 Å². The fraction of sp³-hybridized carbons (Fsp3) is 0.0909. The van der Waals surface area contributed by atoms with Crippen LogP contribution in [0.15, 0.2) is 16.7 Å². The van der Waals surface area contributed by atoms with Gasteiger partial charge in [0.25, 0.3) is 0 Å². The molecule has 1 aromatic heterocycles. The lowest BCUT2D eigenvalue weighted by Gasteiger charge is -2.04. The van der Waals surface area contributed by atoms with Crippen LogP contribution < -0.4 is 9.47 Å². The van der Waals surface area contributed by atoms with E-state index < -0.39 is 11.8 Å². The highest BCUT2D eigenvalue weighted by molar-refractivity contribution is 6.32. The molecule has 1 N–H and O–H groups in total. The molecule has 0 saturated carbocycles. The van der Waals surface area contributed by atoms with Gasteiger partial charge in [0.05, 0.1) is 5.56 Å². The highest BCUT2D eigenvalue weighted by Gasteiger charge is 2.26. The average Bonchev–Trinajstić information content (AvgIpc) is 3.01. The lowest BCUT2D eigenvalue weighted by molar-refractivity contribution is 0.0686. The summed E-state index contributed by atoms with van der Waals surface area (Å²) >= 11 is 5.80. The van der Waals surface area contributed by atoms with Gasteiger partial charge >= 0.3 is 5.97 Å². The molecule has 98 valence electrons. The predicted octanol–water partition coefficient (Wildman–Crippen LogP) is 2.56. The highest BCUT2D eigenvalue weighted by Crippen LogP contribution is 2.44. The largest absolute Gasteiger partial charge is 0.476 e. The van der Waals surface area contributed by atoms with Crippen molar-refractivity contribution < 1.29 is 28.3 Å². The quantitative estimate of drug-likeness (QED) is 0.913. The van der Waals surface area contributed by atoms with E-state index in [0.717, 1.165) is 6.07 Å². The Morgan fingerprint density at radius 3 is 2.89 bits per heavy atom. The normalized spacial score (nSPS) is 12.7. The molecular weight excluding hydrogens is 281 g/mol. The Morgan fingerprint density at radius 2 is 2.21 bits per heavy atom. The third-order valence-electron chi connectivity index (χ3n) is 2.54. The summed E-state index contributed by atoms with van der Waals surface area (Å²) in [7, 11) is 0. The molecule has 0 amide bonds. The monoisotopic (exact) mass is 285 g/mol. The number of aromatic nitrogens is 1. The summed E-state index contributed by atoms with van der Waals surface area (Å²) in [5.41, 5.74) is -0.377. The van der Waals surface area contributed by atoms with Crippen LogP contribution >= 0.6 is 11.6 Å². The second-order valence-corrected chi connectivity index (χ2v) is 4.05. The van der Waals surface area contributed by atoms with Crippen molar-refractivity contribution >= 4 is 17.6 Å². The molecule has 1 aliphatic rings. The lowest BCUT2D eigenvalue weighted by Crippen LogP contribution is -1.94. The molecule has 0 unspecified atom stereocenters. The zero-order chi connectivity index (χ0) is 13.6. The molecule has 0 aliphatic carbocycles. The van der Waals surface area contributed by atoms with E-state index in [1.165, 1.54) is 6.07 Å². The SMILES string of the molecule is O=C(O)c1cc(-c2cc3c(c(Cl)c2F)OCO3)on1. The molecule has 19 heavy (non-hydrogen) atoms. The summed E-state index contributed by atoms with van der Waals surface area (Å²) in [6, 6.07) is 2.41. The van der Waals surface area contributed by atoms with Gasteiger partial charge in [0.2, 0.25) is 6.79 Å². The van der Waals surface area contributed by atoms with Gasteiger partial charge in [-0.1, -0.05) is 16.8 Å². The minimum Gasteiger partial charge on any atom is -0.476 e. The van der Waals surface area contributed by atoms with E-state index in [1.54, 1.807) is 0 Å². The van der Waals surface area contributed by atoms with E-state index in [1.807, 2.05) is 0 Å². The number of aromatic carboxylic acids is 1. The molecule has 6 nitrogen and oxygen atoms in total. The van der Waals surface area contributed by atoms with E-state index >= 15 is 0 Å². The first-order valence-corrected chi connectivity index (χ1v) is 5.43. The zero-order valence-electron chi connectivity index (χ0n) is 9.15. The average molecular weight is 286 g/mol. The second kappa shape index (κ2) is 4.13. The standard InChI is InChI=1S/C11H5ClFNO5/c12-8-9(13)4(1-7-10(8)18-3-17-7)6-2-5(11(15)16)14-19-6/h1-2H,3H2,(H,15,16). The van der Waals surface area contributed by atoms with Gasteiger partial charge in [-0.25, -0.2) is 9.18 Å². The molecule has 0 radical (unpaired) electrons. The number of rotatable bonds is 2. The maximum atomic E-state index is 14.1. The third kappa shape index (κ3) is 1.78. The molecule has 0 spiro atoms. The Morgan fingerprint density at radius 1 is 1.42 bits per heavy atom. The molecule has 0 atom stereocenters. The molecule has 2 aromatic rings. The van der Waals surface area contributed by atoms with E-state index in [2.05, 4.69) is 5.16 Å². The van der Waals surface area contributed by atoms with Gasteiger partial charge in [-0.05, 0) is 6.07 Å². The van der Waals surface area contributed by atoms with Crippen LogP contribution in [0.4, 0.5) is 4.39 Å². The van der Waals surface area contributed by atoms with Gasteiger partial charge in [0, 0.05) is 6.07 Å². The molecule has 1 aromatic carbocycles. The minimum atomic E-state index is -1.28. The van der Waals surface area contributed by atoms with Gasteiger partial charge < -0.3 is 19.1 Å². The van der Waals surface area contributed by atoms with Crippen LogP contribution in [0.2, 0.25) is 5.02 Å². The number of carboxylic acids is 1. The first-order chi connectivity index (χ1) is 9.08. The Bertz CT molecular complexity index is 684. The smallest absolute Gasteiger partial charge is 0.358 e. The van der Waals surface area contributed by atoms with E-state index in [-0.39, 0.29) is 40.3 Å². The number of hydrogen-bond donors (Lipinski definition) is 1. The Hall–Kier alpha value is -2.28. The number of benzene rings is 1. The Balaban J connectivity index is 2.14. The maximum Gasteiger partial charge on any atom is 0.358 e. The number of carboxylic acid groups (broad SMARTS) is 1. The molecule has 3 rings (SSSR count). The summed E-state index contributed by atoms with van der Waals surface area (Å²) < 4.78 is 28.9. The summed E-state index contributed by atoms with van der Waals surface area (Å²) in [5, 5.41) is 11.8. The van der Waals surface area contributed by atoms with Crippen molar-refractivity contribution in [3.8, 4) is 22.8 Å². The molecule has 2 heterocycles. The van der Waals surface area contributed by atoms with Crippen molar-refractivity contribution in [3.05, 3.63) is 28.7 Å². The topological polar surface area (TPSA) is 81.8 Å². The molecule has 0 fully saturated rings. The fourth-order valence-electron chi connectivity index (χ4n) is 1.66. The van der Waals surface area contributed by atoms with Crippen LogP contribution in [0.25, 0.3) is 11.3 Å². The number of carbonyl (C=O) groups is 1. The number of halogens is 2. The number of hydrogen-bond acceptors (Lipinski definition) is 5. The summed E-state index contributed by atoms with van der Waals surface area (Å²) in [5.74, 6) is -1.76. The second-order valence-electron chi connectivity index (χ2n) is 3.67. The lowest BCUT2D eigenvalue weighted by atomic mass is 10.1. The summed E-state index contributed by atoms with van der Waals surface area (Å²) in [6.07, 6.45) is 0. The molecule has 0 bridgehead atoms. The van der Waals surface area contributed by atoms with Gasteiger partial charge in [0.15, 0.2) is 28.8 Å². The first kappa shape index (κ1) is 11.8. The van der Waals surface area contributed by atoms with E-state index in [9.17, 15) is 9.18 Å². The fourth-order valence-corrected chi connectivity index (χ4v) is 1.91. The molecule has 8 heteroatoms. The van der Waals surface area contributed by atoms with Crippen LogP contribution in [0.3, 0.4) is 0 Å². The van der Waals surface area contributed by atoms with Gasteiger partial charge in [-0.15, -0.1) is 0 Å². The third-order valence-corrected chi connectivity index (χ3v) is 2.88. The van der Waals surface area contributed by atoms with Crippen LogP contribution in [0.1, 0.15) is 10.5 Å².